The van der Waals surface area contributed by atoms with Crippen molar-refractivity contribution in [1.29, 1.82) is 0 Å². The quantitative estimate of drug-likeness (QED) is 0.493. The van der Waals surface area contributed by atoms with E-state index in [0.29, 0.717) is 18.8 Å². The van der Waals surface area contributed by atoms with Gasteiger partial charge in [-0.2, -0.15) is 0 Å². The molecule has 1 aliphatic heterocycles. The molecule has 0 saturated heterocycles. The molecule has 166 valence electrons. The number of nitrogens with one attached hydrogen (secondary N) is 1. The molecule has 8 heteroatoms. The first-order chi connectivity index (χ1) is 16.3. The van der Waals surface area contributed by atoms with E-state index in [4.69, 9.17) is 4.84 Å². The van der Waals surface area contributed by atoms with Gasteiger partial charge in [0.25, 0.3) is 0 Å². The summed E-state index contributed by atoms with van der Waals surface area (Å²) in [5.74, 6) is 0.610. The largest absolute Gasteiger partial charge is 0.389 e. The van der Waals surface area contributed by atoms with Crippen molar-refractivity contribution in [3.63, 3.8) is 0 Å². The van der Waals surface area contributed by atoms with Crippen LogP contribution in [0.15, 0.2) is 78.5 Å². The number of aromatic nitrogens is 4. The van der Waals surface area contributed by atoms with Gasteiger partial charge in [-0.3, -0.25) is 0 Å². The van der Waals surface area contributed by atoms with Gasteiger partial charge in [0.05, 0.1) is 24.1 Å². The molecule has 6 rings (SSSR count). The first-order valence-electron chi connectivity index (χ1n) is 11.2. The van der Waals surface area contributed by atoms with Crippen molar-refractivity contribution in [2.75, 3.05) is 5.32 Å². The summed E-state index contributed by atoms with van der Waals surface area (Å²) in [6, 6.07) is 20.2. The minimum absolute atomic E-state index is 0.0155. The number of nitrogens with zero attached hydrogens (tertiary/aromatic N) is 5. The molecular formula is C25H24N6O2. The Hall–Kier alpha value is -3.78. The highest BCUT2D eigenvalue weighted by atomic mass is 16.7. The van der Waals surface area contributed by atoms with E-state index < -0.39 is 6.10 Å². The highest BCUT2D eigenvalue weighted by Crippen LogP contribution is 2.42. The van der Waals surface area contributed by atoms with E-state index in [1.54, 1.807) is 6.33 Å². The molecule has 1 fully saturated rings. The summed E-state index contributed by atoms with van der Waals surface area (Å²) >= 11 is 0. The third kappa shape index (κ3) is 3.52. The van der Waals surface area contributed by atoms with Crippen molar-refractivity contribution in [2.45, 2.75) is 37.6 Å². The number of hydrogen-bond acceptors (Lipinski definition) is 7. The van der Waals surface area contributed by atoms with E-state index >= 15 is 0 Å². The van der Waals surface area contributed by atoms with Gasteiger partial charge < -0.3 is 19.8 Å². The van der Waals surface area contributed by atoms with Crippen LogP contribution in [0.3, 0.4) is 0 Å². The van der Waals surface area contributed by atoms with Crippen LogP contribution < -0.4 is 5.32 Å². The second-order valence-corrected chi connectivity index (χ2v) is 8.54. The Balaban J connectivity index is 1.34. The van der Waals surface area contributed by atoms with Crippen LogP contribution in [0.25, 0.3) is 11.2 Å². The molecule has 0 spiro atoms. The number of rotatable bonds is 5. The predicted octanol–water partition coefficient (Wildman–Crippen LogP) is 3.55. The molecule has 1 aliphatic carbocycles. The summed E-state index contributed by atoms with van der Waals surface area (Å²) in [5, 5.41) is 18.4. The fourth-order valence-electron chi connectivity index (χ4n) is 4.97. The molecule has 0 bridgehead atoms. The van der Waals surface area contributed by atoms with Gasteiger partial charge in [-0.05, 0) is 24.0 Å². The Morgan fingerprint density at radius 2 is 1.76 bits per heavy atom. The maximum atomic E-state index is 10.6. The molecule has 1 saturated carbocycles. The summed E-state index contributed by atoms with van der Waals surface area (Å²) in [4.78, 5) is 19.4. The number of oxime groups is 1. The first kappa shape index (κ1) is 19.9. The Morgan fingerprint density at radius 3 is 2.58 bits per heavy atom. The average Bonchev–Trinajstić information content (AvgIpc) is 3.50. The Labute approximate surface area is 191 Å². The standard InChI is InChI=1S/C25H24N6O2/c32-19-12-11-18(20-21(30-33-23(19)20)17-9-5-2-6-10-17)31-15-29-22-24(27-14-28-25(22)31)26-13-16-7-3-1-4-8-16/h1-10,14-15,18-20,23,32H,11-13H2,(H,26,27,28)/t18-,19+,20-,23-/m1/s1. The second kappa shape index (κ2) is 8.29. The molecule has 4 atom stereocenters. The minimum Gasteiger partial charge on any atom is -0.389 e. The lowest BCUT2D eigenvalue weighted by atomic mass is 9.76. The summed E-state index contributed by atoms with van der Waals surface area (Å²) < 4.78 is 2.10. The van der Waals surface area contributed by atoms with Crippen LogP contribution in [0.5, 0.6) is 0 Å². The van der Waals surface area contributed by atoms with Crippen LogP contribution in [-0.2, 0) is 11.4 Å². The van der Waals surface area contributed by atoms with E-state index in [0.717, 1.165) is 28.9 Å². The third-order valence-corrected chi connectivity index (χ3v) is 6.58. The van der Waals surface area contributed by atoms with E-state index in [1.165, 1.54) is 5.56 Å². The number of hydrogen-bond donors (Lipinski definition) is 2. The van der Waals surface area contributed by atoms with Crippen LogP contribution in [0, 0.1) is 5.92 Å². The van der Waals surface area contributed by atoms with Crippen LogP contribution in [-0.4, -0.2) is 42.5 Å². The summed E-state index contributed by atoms with van der Waals surface area (Å²) in [7, 11) is 0. The molecule has 2 aromatic carbocycles. The minimum atomic E-state index is -0.552. The SMILES string of the molecule is O[C@H]1CC[C@@H](n2cnc3c(NCc4ccccc4)ncnc32)[C@@H]2C(c3ccccc3)=NO[C@@H]21. The van der Waals surface area contributed by atoms with Crippen molar-refractivity contribution in [2.24, 2.45) is 11.1 Å². The van der Waals surface area contributed by atoms with Gasteiger partial charge in [-0.1, -0.05) is 65.8 Å². The molecular weight excluding hydrogens is 416 g/mol. The number of anilines is 1. The van der Waals surface area contributed by atoms with E-state index in [9.17, 15) is 5.11 Å². The maximum Gasteiger partial charge on any atom is 0.165 e. The Bertz CT molecular complexity index is 1290. The molecule has 2 aliphatic rings. The van der Waals surface area contributed by atoms with Gasteiger partial charge in [-0.25, -0.2) is 15.0 Å². The van der Waals surface area contributed by atoms with Gasteiger partial charge in [0.15, 0.2) is 17.6 Å². The lowest BCUT2D eigenvalue weighted by Gasteiger charge is -2.36. The molecule has 0 amide bonds. The molecule has 8 nitrogen and oxygen atoms in total. The molecule has 3 heterocycles. The molecule has 2 N–H and O–H groups in total. The van der Waals surface area contributed by atoms with Crippen molar-refractivity contribution < 1.29 is 9.94 Å². The lowest BCUT2D eigenvalue weighted by Crippen LogP contribution is -2.44. The molecule has 4 aromatic rings. The van der Waals surface area contributed by atoms with E-state index in [2.05, 4.69) is 42.1 Å². The van der Waals surface area contributed by atoms with E-state index in [-0.39, 0.29) is 18.1 Å². The zero-order valence-corrected chi connectivity index (χ0v) is 18.0. The highest BCUT2D eigenvalue weighted by molar-refractivity contribution is 6.03. The van der Waals surface area contributed by atoms with Gasteiger partial charge in [0, 0.05) is 12.6 Å². The maximum absolute atomic E-state index is 10.6. The number of benzene rings is 2. The fraction of sp³-hybridized carbons (Fsp3) is 0.280. The second-order valence-electron chi connectivity index (χ2n) is 8.54. The van der Waals surface area contributed by atoms with Crippen molar-refractivity contribution in [3.8, 4) is 0 Å². The zero-order chi connectivity index (χ0) is 22.2. The van der Waals surface area contributed by atoms with E-state index in [1.807, 2.05) is 54.9 Å². The number of fused-ring (bicyclic) bond motifs is 2. The van der Waals surface area contributed by atoms with Crippen molar-refractivity contribution >= 4 is 22.7 Å². The Kier molecular flexibility index (Phi) is 4.99. The van der Waals surface area contributed by atoms with Crippen molar-refractivity contribution in [3.05, 3.63) is 84.4 Å². The average molecular weight is 441 g/mol. The van der Waals surface area contributed by atoms with Crippen LogP contribution in [0.1, 0.15) is 30.0 Å². The summed E-state index contributed by atoms with van der Waals surface area (Å²) in [6.45, 7) is 0.652. The monoisotopic (exact) mass is 440 g/mol. The number of aliphatic hydroxyl groups excluding tert-OH is 1. The zero-order valence-electron chi connectivity index (χ0n) is 18.0. The van der Waals surface area contributed by atoms with Gasteiger partial charge >= 0.3 is 0 Å². The molecule has 0 unspecified atom stereocenters. The number of aliphatic hydroxyl groups is 1. The molecule has 0 radical (unpaired) electrons. The van der Waals surface area contributed by atoms with Gasteiger partial charge in [0.2, 0.25) is 0 Å². The van der Waals surface area contributed by atoms with Crippen LogP contribution in [0.4, 0.5) is 5.82 Å². The van der Waals surface area contributed by atoms with Crippen molar-refractivity contribution in [1.82, 2.24) is 19.5 Å². The lowest BCUT2D eigenvalue weighted by molar-refractivity contribution is -0.0673. The third-order valence-electron chi connectivity index (χ3n) is 6.58. The highest BCUT2D eigenvalue weighted by Gasteiger charge is 2.48. The molecule has 2 aromatic heterocycles. The van der Waals surface area contributed by atoms with Crippen LogP contribution >= 0.6 is 0 Å². The van der Waals surface area contributed by atoms with Crippen LogP contribution in [0.2, 0.25) is 0 Å². The number of imidazole rings is 1. The van der Waals surface area contributed by atoms with Gasteiger partial charge in [0.1, 0.15) is 11.8 Å². The smallest absolute Gasteiger partial charge is 0.165 e. The summed E-state index contributed by atoms with van der Waals surface area (Å²) in [5.41, 5.74) is 4.53. The topological polar surface area (TPSA) is 97.5 Å². The Morgan fingerprint density at radius 1 is 0.970 bits per heavy atom. The fourth-order valence-corrected chi connectivity index (χ4v) is 4.97. The van der Waals surface area contributed by atoms with Gasteiger partial charge in [-0.15, -0.1) is 0 Å². The first-order valence-corrected chi connectivity index (χ1v) is 11.2. The predicted molar refractivity (Wildman–Crippen MR) is 125 cm³/mol. The summed E-state index contributed by atoms with van der Waals surface area (Å²) in [6.07, 6.45) is 3.87. The molecule has 33 heavy (non-hydrogen) atoms. The normalized spacial score (nSPS) is 24.2.